The van der Waals surface area contributed by atoms with Crippen molar-refractivity contribution in [1.82, 2.24) is 4.98 Å². The summed E-state index contributed by atoms with van der Waals surface area (Å²) in [5.74, 6) is 0.529. The van der Waals surface area contributed by atoms with Gasteiger partial charge in [0, 0.05) is 22.7 Å². The quantitative estimate of drug-likeness (QED) is 0.672. The number of pyridine rings is 1. The highest BCUT2D eigenvalue weighted by atomic mass is 79.9. The smallest absolute Gasteiger partial charge is 0.292 e. The van der Waals surface area contributed by atoms with Gasteiger partial charge < -0.3 is 5.73 Å². The first-order chi connectivity index (χ1) is 7.13. The predicted molar refractivity (Wildman–Crippen MR) is 58.5 cm³/mol. The van der Waals surface area contributed by atoms with Gasteiger partial charge in [0.1, 0.15) is 5.69 Å². The molecule has 0 saturated heterocycles. The van der Waals surface area contributed by atoms with Gasteiger partial charge >= 0.3 is 0 Å². The SMILES string of the molecule is NC[C@@H]1C[C@H]1c1ncc(Br)cc1[N+](=O)[O-]. The normalized spacial score (nSPS) is 23.9. The Balaban J connectivity index is 2.35. The van der Waals surface area contributed by atoms with Crippen molar-refractivity contribution in [3.05, 3.63) is 32.5 Å². The second-order valence-corrected chi connectivity index (χ2v) is 4.57. The van der Waals surface area contributed by atoms with Gasteiger partial charge in [-0.05, 0) is 34.8 Å². The van der Waals surface area contributed by atoms with Gasteiger partial charge in [-0.1, -0.05) is 0 Å². The molecule has 6 heteroatoms. The molecule has 2 rings (SSSR count). The third-order valence-corrected chi connectivity index (χ3v) is 3.07. The van der Waals surface area contributed by atoms with Crippen LogP contribution in [0.5, 0.6) is 0 Å². The molecule has 1 heterocycles. The van der Waals surface area contributed by atoms with Gasteiger partial charge in [-0.2, -0.15) is 0 Å². The molecule has 1 saturated carbocycles. The van der Waals surface area contributed by atoms with E-state index >= 15 is 0 Å². The molecule has 0 bridgehead atoms. The first-order valence-electron chi connectivity index (χ1n) is 4.63. The summed E-state index contributed by atoms with van der Waals surface area (Å²) in [4.78, 5) is 14.5. The topological polar surface area (TPSA) is 82.0 Å². The van der Waals surface area contributed by atoms with Crippen molar-refractivity contribution in [3.8, 4) is 0 Å². The maximum Gasteiger partial charge on any atom is 0.292 e. The Morgan fingerprint density at radius 1 is 1.73 bits per heavy atom. The van der Waals surface area contributed by atoms with E-state index in [9.17, 15) is 10.1 Å². The molecule has 15 heavy (non-hydrogen) atoms. The zero-order valence-electron chi connectivity index (χ0n) is 7.89. The summed E-state index contributed by atoms with van der Waals surface area (Å²) in [7, 11) is 0. The van der Waals surface area contributed by atoms with Crippen LogP contribution in [0.4, 0.5) is 5.69 Å². The maximum absolute atomic E-state index is 10.8. The maximum atomic E-state index is 10.8. The zero-order chi connectivity index (χ0) is 11.0. The molecular formula is C9H10BrN3O2. The molecule has 2 N–H and O–H groups in total. The molecule has 0 radical (unpaired) electrons. The van der Waals surface area contributed by atoms with E-state index < -0.39 is 0 Å². The molecule has 0 spiro atoms. The Morgan fingerprint density at radius 2 is 2.47 bits per heavy atom. The van der Waals surface area contributed by atoms with E-state index in [1.54, 1.807) is 6.20 Å². The minimum absolute atomic E-state index is 0.0883. The third kappa shape index (κ3) is 2.00. The first kappa shape index (κ1) is 10.5. The molecule has 1 fully saturated rings. The van der Waals surface area contributed by atoms with Crippen molar-refractivity contribution >= 4 is 21.6 Å². The number of rotatable bonds is 3. The van der Waals surface area contributed by atoms with Crippen LogP contribution in [0.1, 0.15) is 18.0 Å². The Hall–Kier alpha value is -1.01. The Bertz CT molecular complexity index is 410. The summed E-state index contributed by atoms with van der Waals surface area (Å²) >= 11 is 3.17. The highest BCUT2D eigenvalue weighted by molar-refractivity contribution is 9.10. The van der Waals surface area contributed by atoms with Crippen LogP contribution in [-0.2, 0) is 0 Å². The lowest BCUT2D eigenvalue weighted by Crippen LogP contribution is -2.04. The lowest BCUT2D eigenvalue weighted by molar-refractivity contribution is -0.386. The molecule has 80 valence electrons. The average Bonchev–Trinajstić information content (AvgIpc) is 2.96. The molecule has 1 aromatic heterocycles. The van der Waals surface area contributed by atoms with Crippen molar-refractivity contribution in [2.45, 2.75) is 12.3 Å². The van der Waals surface area contributed by atoms with Gasteiger partial charge in [-0.3, -0.25) is 15.1 Å². The lowest BCUT2D eigenvalue weighted by Gasteiger charge is -2.01. The number of nitrogens with zero attached hydrogens (tertiary/aromatic N) is 2. The predicted octanol–water partition coefficient (Wildman–Crippen LogP) is 1.81. The minimum Gasteiger partial charge on any atom is -0.330 e. The number of halogens is 1. The summed E-state index contributed by atoms with van der Waals surface area (Å²) < 4.78 is 0.628. The lowest BCUT2D eigenvalue weighted by atomic mass is 10.2. The summed E-state index contributed by atoms with van der Waals surface area (Å²) in [5, 5.41) is 10.8. The van der Waals surface area contributed by atoms with Crippen molar-refractivity contribution < 1.29 is 4.92 Å². The summed E-state index contributed by atoms with van der Waals surface area (Å²) in [6, 6.07) is 1.49. The van der Waals surface area contributed by atoms with E-state index in [0.717, 1.165) is 6.42 Å². The molecule has 0 aliphatic heterocycles. The average molecular weight is 272 g/mol. The molecule has 0 amide bonds. The highest BCUT2D eigenvalue weighted by Gasteiger charge is 2.42. The molecule has 1 aromatic rings. The number of hydrogen-bond acceptors (Lipinski definition) is 4. The number of nitrogens with two attached hydrogens (primary N) is 1. The molecule has 1 aliphatic carbocycles. The zero-order valence-corrected chi connectivity index (χ0v) is 9.48. The molecular weight excluding hydrogens is 262 g/mol. The van der Waals surface area contributed by atoms with E-state index in [1.807, 2.05) is 0 Å². The summed E-state index contributed by atoms with van der Waals surface area (Å²) in [6.07, 6.45) is 2.50. The fourth-order valence-corrected chi connectivity index (χ4v) is 2.03. The van der Waals surface area contributed by atoms with Gasteiger partial charge in [0.15, 0.2) is 0 Å². The van der Waals surface area contributed by atoms with Crippen LogP contribution in [0.2, 0.25) is 0 Å². The van der Waals surface area contributed by atoms with Crippen LogP contribution in [0.25, 0.3) is 0 Å². The third-order valence-electron chi connectivity index (χ3n) is 2.64. The van der Waals surface area contributed by atoms with Crippen molar-refractivity contribution in [3.63, 3.8) is 0 Å². The fraction of sp³-hybridized carbons (Fsp3) is 0.444. The van der Waals surface area contributed by atoms with Crippen LogP contribution in [0.3, 0.4) is 0 Å². The van der Waals surface area contributed by atoms with Crippen molar-refractivity contribution in [2.24, 2.45) is 11.7 Å². The summed E-state index contributed by atoms with van der Waals surface area (Å²) in [6.45, 7) is 0.569. The second-order valence-electron chi connectivity index (χ2n) is 3.65. The Labute approximate surface area is 95.0 Å². The van der Waals surface area contributed by atoms with E-state index in [-0.39, 0.29) is 16.5 Å². The number of hydrogen-bond donors (Lipinski definition) is 1. The van der Waals surface area contributed by atoms with Crippen LogP contribution in [-0.4, -0.2) is 16.5 Å². The van der Waals surface area contributed by atoms with Crippen molar-refractivity contribution in [2.75, 3.05) is 6.54 Å². The highest BCUT2D eigenvalue weighted by Crippen LogP contribution is 2.48. The minimum atomic E-state index is -0.390. The van der Waals surface area contributed by atoms with Gasteiger partial charge in [0.25, 0.3) is 5.69 Å². The van der Waals surface area contributed by atoms with Crippen LogP contribution in [0.15, 0.2) is 16.7 Å². The largest absolute Gasteiger partial charge is 0.330 e. The van der Waals surface area contributed by atoms with Gasteiger partial charge in [0.2, 0.25) is 0 Å². The van der Waals surface area contributed by atoms with E-state index in [2.05, 4.69) is 20.9 Å². The second kappa shape index (κ2) is 3.86. The van der Waals surface area contributed by atoms with Gasteiger partial charge in [-0.25, -0.2) is 0 Å². The van der Waals surface area contributed by atoms with E-state index in [4.69, 9.17) is 5.73 Å². The monoisotopic (exact) mass is 271 g/mol. The van der Waals surface area contributed by atoms with Crippen LogP contribution < -0.4 is 5.73 Å². The van der Waals surface area contributed by atoms with Crippen LogP contribution in [0, 0.1) is 16.0 Å². The van der Waals surface area contributed by atoms with Gasteiger partial charge in [0.05, 0.1) is 4.92 Å². The molecule has 1 aliphatic rings. The molecule has 0 unspecified atom stereocenters. The molecule has 2 atom stereocenters. The fourth-order valence-electron chi connectivity index (χ4n) is 1.71. The first-order valence-corrected chi connectivity index (χ1v) is 5.42. The molecule has 0 aromatic carbocycles. The Kier molecular flexibility index (Phi) is 2.70. The number of nitro groups is 1. The van der Waals surface area contributed by atoms with E-state index in [1.165, 1.54) is 6.07 Å². The van der Waals surface area contributed by atoms with Crippen molar-refractivity contribution in [1.29, 1.82) is 0 Å². The number of aromatic nitrogens is 1. The Morgan fingerprint density at radius 3 is 3.00 bits per heavy atom. The van der Waals surface area contributed by atoms with E-state index in [0.29, 0.717) is 22.6 Å². The standard InChI is InChI=1S/C9H10BrN3O2/c10-6-2-8(13(14)15)9(12-4-6)7-1-5(7)3-11/h2,4-5,7H,1,3,11H2/t5-,7+/m0/s1. The van der Waals surface area contributed by atoms with Crippen LogP contribution >= 0.6 is 15.9 Å². The molecule has 5 nitrogen and oxygen atoms in total. The summed E-state index contributed by atoms with van der Waals surface area (Å²) in [5.41, 5.74) is 6.17. The van der Waals surface area contributed by atoms with Gasteiger partial charge in [-0.15, -0.1) is 0 Å².